The average Bonchev–Trinajstić information content (AvgIpc) is 2.27. The normalized spacial score (nSPS) is 10.6. The smallest absolute Gasteiger partial charge is 0.418 e. The first kappa shape index (κ1) is 86.7. The Morgan fingerprint density at radius 2 is 0.208 bits per heavy atom. The molecule has 0 rings (SSSR count). The Morgan fingerprint density at radius 3 is 0.208 bits per heavy atom. The van der Waals surface area contributed by atoms with Gasteiger partial charge in [-0.3, -0.25) is 4.32 Å². The van der Waals surface area contributed by atoms with Gasteiger partial charge in [-0.15, -0.1) is 0 Å². The Morgan fingerprint density at radius 1 is 0.208 bits per heavy atom. The Kier molecular flexibility index (Phi) is 69.5. The van der Waals surface area contributed by atoms with E-state index in [-0.39, 0.29) is 68.3 Å². The van der Waals surface area contributed by atoms with Crippen LogP contribution < -0.4 is 0 Å². The molecule has 0 atom stereocenters. The molecule has 0 spiro atoms. The predicted octanol–water partition coefficient (Wildman–Crippen LogP) is 9.32. The van der Waals surface area contributed by atoms with E-state index in [1.807, 2.05) is 0 Å². The quantitative estimate of drug-likeness (QED) is 0.188. The van der Waals surface area contributed by atoms with Crippen LogP contribution in [-0.4, -0.2) is 75.5 Å². The van der Waals surface area contributed by atoms with Gasteiger partial charge in [0.15, 0.2) is 0 Å². The van der Waals surface area contributed by atoms with Crippen LogP contribution in [0.1, 0.15) is 0 Å². The van der Waals surface area contributed by atoms with Crippen LogP contribution in [0.5, 0.6) is 0 Å². The van der Waals surface area contributed by atoms with E-state index in [0.29, 0.717) is 0 Å². The molecule has 0 saturated heterocycles. The first-order valence-corrected chi connectivity index (χ1v) is 7.72. The maximum atomic E-state index is 10.1. The summed E-state index contributed by atoms with van der Waals surface area (Å²) in [6, 6.07) is 0. The number of hydrogen-bond acceptors (Lipinski definition) is 2. The van der Waals surface area contributed by atoms with Gasteiger partial charge < -0.3 is 148 Å². The maximum absolute atomic E-state index is 10.1. The number of hydrogen-bond donors (Lipinski definition) is 2. The van der Waals surface area contributed by atoms with Crippen molar-refractivity contribution in [1.82, 2.24) is 0 Å². The van der Waals surface area contributed by atoms with Crippen LogP contribution in [0.15, 0.2) is 0 Å². The van der Waals surface area contributed by atoms with E-state index in [4.69, 9.17) is 10.0 Å². The van der Waals surface area contributed by atoms with Gasteiger partial charge in [-0.2, -0.15) is 0 Å². The minimum Gasteiger partial charge on any atom is -0.418 e. The molecule has 0 aliphatic rings. The molecule has 0 saturated carbocycles. The fraction of sp³-hybridized carbons (Fsp3) is 0. The number of halogens is 33. The van der Waals surface area contributed by atoms with Crippen molar-refractivity contribution in [2.75, 3.05) is 0 Å². The van der Waals surface area contributed by atoms with Crippen molar-refractivity contribution in [3.05, 3.63) is 0 Å². The monoisotopic (exact) mass is 984 g/mol. The van der Waals surface area contributed by atoms with Crippen LogP contribution in [0, 0.1) is 0 Å². The van der Waals surface area contributed by atoms with E-state index in [0.717, 1.165) is 0 Å². The van der Waals surface area contributed by atoms with Crippen molar-refractivity contribution in [3.63, 3.8) is 0 Å². The SMILES string of the molecule is F[B-](F)(F)F.F[B-](F)(F)F.F[B-](F)(F)F.F[B-](F)(F)F.F[B-](F)(F)F.F[B-](F)(F)F.F[B-](F)(F)F.F[B-](F)(F)F.OB(O)F.[Fe+2].[Fe+2].[Fe+2].[Fe+2]. The minimum atomic E-state index is -6.00. The summed E-state index contributed by atoms with van der Waals surface area (Å²) in [6.45, 7) is 0. The van der Waals surface area contributed by atoms with Gasteiger partial charge in [0.05, 0.1) is 0 Å². The van der Waals surface area contributed by atoms with Crippen LogP contribution in [0.25, 0.3) is 0 Å². The average molecular weight is 982 g/mol. The molecule has 0 aliphatic heterocycles. The Bertz CT molecular complexity index is 369. The Hall–Kier alpha value is 0.272. The van der Waals surface area contributed by atoms with Gasteiger partial charge in [0.25, 0.3) is 0 Å². The van der Waals surface area contributed by atoms with E-state index >= 15 is 0 Å². The molecule has 304 valence electrons. The standard InChI is InChI=1S/8BF4.BFH2O2.4Fe/c8*2-1(3,4)5;2-1(3)4;;;;/h;;;;;;;;3-4H;;;;/q8*-1;;4*+2. The van der Waals surface area contributed by atoms with Crippen molar-refractivity contribution in [2.24, 2.45) is 0 Å². The summed E-state index contributed by atoms with van der Waals surface area (Å²) in [4.78, 5) is 0. The van der Waals surface area contributed by atoms with E-state index in [2.05, 4.69) is 0 Å². The van der Waals surface area contributed by atoms with Crippen molar-refractivity contribution in [3.8, 4) is 0 Å². The second kappa shape index (κ2) is 38.5. The molecule has 0 aliphatic carbocycles. The summed E-state index contributed by atoms with van der Waals surface area (Å²) in [5.74, 6) is 0. The molecule has 48 heavy (non-hydrogen) atoms. The molecule has 0 radical (unpaired) electrons. The third-order valence-electron chi connectivity index (χ3n) is 0. The van der Waals surface area contributed by atoms with Gasteiger partial charge in [-0.05, 0) is 0 Å². The molecular formula is H2B9F33Fe4O2. The van der Waals surface area contributed by atoms with Gasteiger partial charge in [0.2, 0.25) is 0 Å². The van der Waals surface area contributed by atoms with E-state index in [1.54, 1.807) is 0 Å². The first-order valence-electron chi connectivity index (χ1n) is 7.72. The molecule has 2 N–H and O–H groups in total. The fourth-order valence-electron chi connectivity index (χ4n) is 0. The summed E-state index contributed by atoms with van der Waals surface area (Å²) in [7, 11) is -50.7. The van der Waals surface area contributed by atoms with E-state index < -0.39 is 65.4 Å². The topological polar surface area (TPSA) is 40.5 Å². The van der Waals surface area contributed by atoms with Crippen LogP contribution >= 0.6 is 0 Å². The molecule has 2 nitrogen and oxygen atoms in total. The molecule has 0 heterocycles. The second-order valence-electron chi connectivity index (χ2n) is 4.27. The van der Waals surface area contributed by atoms with Gasteiger partial charge in [-0.25, -0.2) is 0 Å². The predicted molar refractivity (Wildman–Crippen MR) is 92.8 cm³/mol. The fourth-order valence-corrected chi connectivity index (χ4v) is 0. The summed E-state index contributed by atoms with van der Waals surface area (Å²) >= 11 is 0. The Labute approximate surface area is 286 Å². The first-order chi connectivity index (χ1) is 17.7. The molecular weight excluding hydrogens is 980 g/mol. The van der Waals surface area contributed by atoms with Gasteiger partial charge >= 0.3 is 134 Å². The van der Waals surface area contributed by atoms with Crippen molar-refractivity contribution in [1.29, 1.82) is 0 Å². The summed E-state index contributed by atoms with van der Waals surface area (Å²) < 4.78 is 322. The van der Waals surface area contributed by atoms with Gasteiger partial charge in [0.1, 0.15) is 0 Å². The molecule has 0 amide bonds. The van der Waals surface area contributed by atoms with Crippen LogP contribution in [-0.2, 0) is 68.3 Å². The zero-order valence-electron chi connectivity index (χ0n) is 20.0. The molecule has 0 aromatic rings. The van der Waals surface area contributed by atoms with Crippen molar-refractivity contribution < 1.29 is 221 Å². The van der Waals surface area contributed by atoms with E-state index in [1.165, 1.54) is 0 Å². The van der Waals surface area contributed by atoms with Crippen LogP contribution in [0.4, 0.5) is 142 Å². The Balaban J connectivity index is -0.0000000258. The van der Waals surface area contributed by atoms with Crippen LogP contribution in [0.3, 0.4) is 0 Å². The molecule has 0 unspecified atom stereocenters. The largest absolute Gasteiger partial charge is 2.00 e. The van der Waals surface area contributed by atoms with Gasteiger partial charge in [-0.1, -0.05) is 0 Å². The molecule has 48 heteroatoms. The van der Waals surface area contributed by atoms with Crippen LogP contribution in [0.2, 0.25) is 0 Å². The van der Waals surface area contributed by atoms with Crippen molar-refractivity contribution in [2.45, 2.75) is 0 Å². The number of rotatable bonds is 0. The summed E-state index contributed by atoms with van der Waals surface area (Å²) in [5.41, 5.74) is 0. The zero-order chi connectivity index (χ0) is 39.6. The summed E-state index contributed by atoms with van der Waals surface area (Å²) in [6.07, 6.45) is 0. The summed E-state index contributed by atoms with van der Waals surface area (Å²) in [5, 5.41) is 13.9. The maximum Gasteiger partial charge on any atom is 2.00 e. The van der Waals surface area contributed by atoms with E-state index in [9.17, 15) is 142 Å². The molecule has 0 aromatic carbocycles. The van der Waals surface area contributed by atoms with Crippen molar-refractivity contribution >= 4 is 65.4 Å². The molecule has 0 aromatic heterocycles. The second-order valence-corrected chi connectivity index (χ2v) is 4.27. The minimum absolute atomic E-state index is 0. The molecule has 0 bridgehead atoms. The third-order valence-corrected chi connectivity index (χ3v) is 0. The third kappa shape index (κ3) is 1280000. The zero-order valence-corrected chi connectivity index (χ0v) is 24.4. The molecule has 0 fully saturated rings. The van der Waals surface area contributed by atoms with Gasteiger partial charge in [0, 0.05) is 0 Å².